The number of thiophene rings is 1. The second-order valence-corrected chi connectivity index (χ2v) is 8.70. The van der Waals surface area contributed by atoms with Gasteiger partial charge in [-0.05, 0) is 34.1 Å². The standard InChI is InChI=1S/C10H8BrNO3S3/c11-8-6-9(18(12,14)15)16-10(8)17(13)7-4-2-1-3-5-7/h1-6H,(H2,12,14,15)/t17-/m0/s1. The molecule has 4 nitrogen and oxygen atoms in total. The van der Waals surface area contributed by atoms with Gasteiger partial charge in [0.05, 0.1) is 10.8 Å². The highest BCUT2D eigenvalue weighted by molar-refractivity contribution is 9.10. The zero-order valence-corrected chi connectivity index (χ0v) is 12.9. The summed E-state index contributed by atoms with van der Waals surface area (Å²) in [6.07, 6.45) is 0. The van der Waals surface area contributed by atoms with Crippen LogP contribution in [-0.4, -0.2) is 12.6 Å². The van der Waals surface area contributed by atoms with Gasteiger partial charge in [0, 0.05) is 9.37 Å². The topological polar surface area (TPSA) is 77.2 Å². The van der Waals surface area contributed by atoms with Gasteiger partial charge in [0.25, 0.3) is 0 Å². The Labute approximate surface area is 119 Å². The molecule has 1 atom stereocenters. The lowest BCUT2D eigenvalue weighted by Crippen LogP contribution is -2.09. The van der Waals surface area contributed by atoms with Crippen LogP contribution in [0.25, 0.3) is 0 Å². The van der Waals surface area contributed by atoms with Crippen LogP contribution in [0.5, 0.6) is 0 Å². The lowest BCUT2D eigenvalue weighted by atomic mass is 10.4. The lowest BCUT2D eigenvalue weighted by molar-refractivity contribution is 0.600. The minimum atomic E-state index is -3.77. The zero-order valence-electron chi connectivity index (χ0n) is 8.87. The fourth-order valence-electron chi connectivity index (χ4n) is 1.25. The summed E-state index contributed by atoms with van der Waals surface area (Å²) < 4.78 is 35.6. The van der Waals surface area contributed by atoms with Gasteiger partial charge in [0.15, 0.2) is 0 Å². The number of benzene rings is 1. The monoisotopic (exact) mass is 365 g/mol. The molecule has 2 rings (SSSR count). The van der Waals surface area contributed by atoms with E-state index >= 15 is 0 Å². The molecule has 1 aromatic heterocycles. The minimum absolute atomic E-state index is 0.00587. The predicted molar refractivity (Wildman–Crippen MR) is 74.5 cm³/mol. The summed E-state index contributed by atoms with van der Waals surface area (Å²) in [6, 6.07) is 10.2. The summed E-state index contributed by atoms with van der Waals surface area (Å²) in [4.78, 5) is 0.612. The van der Waals surface area contributed by atoms with Crippen molar-refractivity contribution in [2.75, 3.05) is 0 Å². The maximum Gasteiger partial charge on any atom is 0.247 e. The molecule has 0 aliphatic carbocycles. The molecule has 2 N–H and O–H groups in total. The molecule has 8 heteroatoms. The van der Waals surface area contributed by atoms with Gasteiger partial charge in [-0.25, -0.2) is 17.8 Å². The number of sulfonamides is 1. The molecular weight excluding hydrogens is 358 g/mol. The van der Waals surface area contributed by atoms with Crippen molar-refractivity contribution < 1.29 is 12.6 Å². The van der Waals surface area contributed by atoms with Crippen LogP contribution < -0.4 is 5.14 Å². The number of rotatable bonds is 3. The number of hydrogen-bond acceptors (Lipinski definition) is 4. The number of nitrogens with two attached hydrogens (primary N) is 1. The number of hydrogen-bond donors (Lipinski definition) is 1. The van der Waals surface area contributed by atoms with Crippen LogP contribution >= 0.6 is 27.3 Å². The van der Waals surface area contributed by atoms with Crippen LogP contribution in [0.3, 0.4) is 0 Å². The second kappa shape index (κ2) is 5.22. The minimum Gasteiger partial charge on any atom is -0.248 e. The van der Waals surface area contributed by atoms with Gasteiger partial charge in [0.2, 0.25) is 10.0 Å². The van der Waals surface area contributed by atoms with Crippen LogP contribution in [0.2, 0.25) is 0 Å². The van der Waals surface area contributed by atoms with Crippen LogP contribution in [0.4, 0.5) is 0 Å². The van der Waals surface area contributed by atoms with E-state index in [9.17, 15) is 12.6 Å². The molecule has 0 aliphatic heterocycles. The summed E-state index contributed by atoms with van der Waals surface area (Å²) in [5.41, 5.74) is 0. The van der Waals surface area contributed by atoms with Gasteiger partial charge >= 0.3 is 0 Å². The van der Waals surface area contributed by atoms with Crippen molar-refractivity contribution in [2.45, 2.75) is 13.3 Å². The van der Waals surface area contributed by atoms with Crippen molar-refractivity contribution in [1.82, 2.24) is 0 Å². The van der Waals surface area contributed by atoms with Crippen LogP contribution in [0.1, 0.15) is 0 Å². The molecule has 0 aliphatic rings. The first kappa shape index (κ1) is 13.9. The summed E-state index contributed by atoms with van der Waals surface area (Å²) >= 11 is 4.11. The molecule has 0 amide bonds. The molecule has 0 bridgehead atoms. The van der Waals surface area contributed by atoms with Crippen molar-refractivity contribution in [2.24, 2.45) is 5.14 Å². The third-order valence-electron chi connectivity index (χ3n) is 2.04. The third-order valence-corrected chi connectivity index (χ3v) is 7.50. The average molecular weight is 366 g/mol. The van der Waals surface area contributed by atoms with Crippen LogP contribution in [0, 0.1) is 0 Å². The predicted octanol–water partition coefficient (Wildman–Crippen LogP) is 2.32. The molecule has 0 spiro atoms. The highest BCUT2D eigenvalue weighted by atomic mass is 79.9. The first-order valence-corrected chi connectivity index (χ1v) is 8.99. The van der Waals surface area contributed by atoms with Crippen molar-refractivity contribution in [3.05, 3.63) is 40.9 Å². The Hall–Kier alpha value is -0.540. The highest BCUT2D eigenvalue weighted by Gasteiger charge is 2.20. The van der Waals surface area contributed by atoms with E-state index < -0.39 is 20.8 Å². The van der Waals surface area contributed by atoms with Crippen molar-refractivity contribution in [1.29, 1.82) is 0 Å². The number of primary sulfonamides is 1. The Morgan fingerprint density at radius 3 is 2.33 bits per heavy atom. The Bertz CT molecular complexity index is 694. The Kier molecular flexibility index (Phi) is 4.02. The van der Waals surface area contributed by atoms with E-state index in [1.54, 1.807) is 24.3 Å². The van der Waals surface area contributed by atoms with E-state index in [1.165, 1.54) is 6.07 Å². The van der Waals surface area contributed by atoms with Gasteiger partial charge in [-0.3, -0.25) is 0 Å². The Balaban J connectivity index is 2.47. The molecule has 1 heterocycles. The van der Waals surface area contributed by atoms with E-state index in [0.29, 0.717) is 13.6 Å². The number of halogens is 1. The van der Waals surface area contributed by atoms with Crippen LogP contribution in [0.15, 0.2) is 54.2 Å². The summed E-state index contributed by atoms with van der Waals surface area (Å²) in [5, 5.41) is 5.04. The van der Waals surface area contributed by atoms with Gasteiger partial charge < -0.3 is 0 Å². The van der Waals surface area contributed by atoms with Gasteiger partial charge in [-0.15, -0.1) is 11.3 Å². The highest BCUT2D eigenvalue weighted by Crippen LogP contribution is 2.34. The molecule has 0 saturated heterocycles. The zero-order chi connectivity index (χ0) is 13.3. The maximum atomic E-state index is 12.3. The van der Waals surface area contributed by atoms with E-state index in [0.717, 1.165) is 11.3 Å². The van der Waals surface area contributed by atoms with Crippen LogP contribution in [-0.2, 0) is 20.8 Å². The Morgan fingerprint density at radius 1 is 1.22 bits per heavy atom. The van der Waals surface area contributed by atoms with Gasteiger partial charge in [-0.1, -0.05) is 18.2 Å². The maximum absolute atomic E-state index is 12.3. The fourth-order valence-corrected chi connectivity index (χ4v) is 5.85. The molecule has 0 fully saturated rings. The average Bonchev–Trinajstić information content (AvgIpc) is 2.71. The largest absolute Gasteiger partial charge is 0.248 e. The summed E-state index contributed by atoms with van der Waals surface area (Å²) in [5.74, 6) is 0. The van der Waals surface area contributed by atoms with Gasteiger partial charge in [-0.2, -0.15) is 0 Å². The molecule has 0 saturated carbocycles. The summed E-state index contributed by atoms with van der Waals surface area (Å²) in [6.45, 7) is 0. The quantitative estimate of drug-likeness (QED) is 0.906. The SMILES string of the molecule is NS(=O)(=O)c1cc(Br)c([S@@](=O)c2ccccc2)s1. The van der Waals surface area contributed by atoms with Crippen molar-refractivity contribution in [3.63, 3.8) is 0 Å². The first-order valence-electron chi connectivity index (χ1n) is 4.68. The van der Waals surface area contributed by atoms with Crippen molar-refractivity contribution >= 4 is 48.1 Å². The molecule has 18 heavy (non-hydrogen) atoms. The Morgan fingerprint density at radius 2 is 1.83 bits per heavy atom. The molecule has 96 valence electrons. The van der Waals surface area contributed by atoms with Crippen molar-refractivity contribution in [3.8, 4) is 0 Å². The summed E-state index contributed by atoms with van der Waals surface area (Å²) in [7, 11) is -5.19. The van der Waals surface area contributed by atoms with E-state index in [-0.39, 0.29) is 4.21 Å². The fraction of sp³-hybridized carbons (Fsp3) is 0. The van der Waals surface area contributed by atoms with E-state index in [1.807, 2.05) is 6.07 Å². The van der Waals surface area contributed by atoms with E-state index in [2.05, 4.69) is 15.9 Å². The lowest BCUT2D eigenvalue weighted by Gasteiger charge is -1.99. The second-order valence-electron chi connectivity index (χ2n) is 3.33. The molecule has 1 aromatic carbocycles. The molecule has 0 unspecified atom stereocenters. The molecule has 0 radical (unpaired) electrons. The normalized spacial score (nSPS) is 13.4. The first-order chi connectivity index (χ1) is 8.39. The third kappa shape index (κ3) is 2.89. The molecule has 2 aromatic rings. The van der Waals surface area contributed by atoms with E-state index in [4.69, 9.17) is 5.14 Å². The van der Waals surface area contributed by atoms with Gasteiger partial charge in [0.1, 0.15) is 8.42 Å². The molecular formula is C10H8BrNO3S3. The smallest absolute Gasteiger partial charge is 0.247 e.